The average Bonchev–Trinajstić information content (AvgIpc) is 3.39. The molecule has 1 aromatic heterocycles. The van der Waals surface area contributed by atoms with Gasteiger partial charge in [-0.3, -0.25) is 9.36 Å². The molecule has 2 atom stereocenters. The molecular weight excluding hydrogens is 422 g/mol. The summed E-state index contributed by atoms with van der Waals surface area (Å²) in [5, 5.41) is 3.51. The summed E-state index contributed by atoms with van der Waals surface area (Å²) in [7, 11) is 1.60. The standard InChI is InChI=1S/C24H27N5O4/c1-33-17-6-4-5-15(11-17)9-10-22(30)21-12-16(25)13-29(21)24(32)27-19-14-28(23(26)31)20-8-3-2-7-18(19)20/h2-8,11,14,16,21H,9-10,12-13,25H2,1H3,(H2,26,31)(H,27,32)/t16-,21-/m0/s1. The Bertz CT molecular complexity index is 1200. The number of Topliss-reactive ketones (excluding diaryl/α,β-unsaturated/α-hetero) is 1. The van der Waals surface area contributed by atoms with Gasteiger partial charge in [-0.2, -0.15) is 0 Å². The quantitative estimate of drug-likeness (QED) is 0.532. The third-order valence-corrected chi connectivity index (χ3v) is 5.95. The molecule has 1 aliphatic rings. The molecule has 9 nitrogen and oxygen atoms in total. The van der Waals surface area contributed by atoms with Gasteiger partial charge in [-0.15, -0.1) is 0 Å². The van der Waals surface area contributed by atoms with Crippen molar-refractivity contribution in [3.8, 4) is 5.75 Å². The Labute approximate surface area is 191 Å². The highest BCUT2D eigenvalue weighted by atomic mass is 16.5. The number of methoxy groups -OCH3 is 1. The second kappa shape index (κ2) is 9.33. The lowest BCUT2D eigenvalue weighted by Gasteiger charge is -2.23. The number of amides is 3. The number of ether oxygens (including phenoxy) is 1. The lowest BCUT2D eigenvalue weighted by molar-refractivity contribution is -0.122. The Morgan fingerprint density at radius 3 is 2.70 bits per heavy atom. The van der Waals surface area contributed by atoms with Gasteiger partial charge < -0.3 is 26.4 Å². The van der Waals surface area contributed by atoms with Crippen LogP contribution in [0.4, 0.5) is 15.3 Å². The fraction of sp³-hybridized carbons (Fsp3) is 0.292. The van der Waals surface area contributed by atoms with Gasteiger partial charge in [0.25, 0.3) is 0 Å². The van der Waals surface area contributed by atoms with Gasteiger partial charge in [-0.05, 0) is 36.6 Å². The molecule has 0 bridgehead atoms. The number of anilines is 1. The van der Waals surface area contributed by atoms with E-state index >= 15 is 0 Å². The number of benzene rings is 2. The van der Waals surface area contributed by atoms with Crippen LogP contribution in [0.2, 0.25) is 0 Å². The second-order valence-corrected chi connectivity index (χ2v) is 8.18. The second-order valence-electron chi connectivity index (χ2n) is 8.18. The molecule has 5 N–H and O–H groups in total. The number of rotatable bonds is 6. The number of urea groups is 1. The number of likely N-dealkylation sites (tertiary alicyclic amines) is 1. The van der Waals surface area contributed by atoms with Crippen LogP contribution < -0.4 is 21.5 Å². The van der Waals surface area contributed by atoms with Crippen molar-refractivity contribution in [3.05, 3.63) is 60.3 Å². The number of nitrogens with one attached hydrogen (secondary N) is 1. The molecule has 2 heterocycles. The fourth-order valence-electron chi connectivity index (χ4n) is 4.31. The summed E-state index contributed by atoms with van der Waals surface area (Å²) in [6, 6.07) is 12.7. The maximum Gasteiger partial charge on any atom is 0.323 e. The number of ketones is 1. The van der Waals surface area contributed by atoms with E-state index in [0.717, 1.165) is 11.3 Å². The number of hydrogen-bond acceptors (Lipinski definition) is 5. The van der Waals surface area contributed by atoms with Crippen LogP contribution in [-0.2, 0) is 11.2 Å². The van der Waals surface area contributed by atoms with Crippen molar-refractivity contribution in [2.45, 2.75) is 31.3 Å². The maximum absolute atomic E-state index is 13.1. The summed E-state index contributed by atoms with van der Waals surface area (Å²) >= 11 is 0. The van der Waals surface area contributed by atoms with Crippen LogP contribution in [0.25, 0.3) is 10.9 Å². The zero-order valence-electron chi connectivity index (χ0n) is 18.4. The third kappa shape index (κ3) is 4.68. The molecule has 172 valence electrons. The molecule has 1 fully saturated rings. The predicted octanol–water partition coefficient (Wildman–Crippen LogP) is 2.71. The first kappa shape index (κ1) is 22.3. The van der Waals surface area contributed by atoms with Gasteiger partial charge in [-0.1, -0.05) is 30.3 Å². The van der Waals surface area contributed by atoms with Crippen LogP contribution >= 0.6 is 0 Å². The van der Waals surface area contributed by atoms with Crippen LogP contribution in [0.5, 0.6) is 5.75 Å². The molecular formula is C24H27N5O4. The number of hydrogen-bond donors (Lipinski definition) is 3. The van der Waals surface area contributed by atoms with Gasteiger partial charge in [0.05, 0.1) is 24.4 Å². The SMILES string of the molecule is COc1cccc(CCC(=O)[C@@H]2C[C@H](N)CN2C(=O)Nc2cn(C(N)=O)c3ccccc23)c1. The summed E-state index contributed by atoms with van der Waals surface area (Å²) in [5.74, 6) is 0.694. The van der Waals surface area contributed by atoms with Crippen LogP contribution in [0, 0.1) is 0 Å². The molecule has 0 unspecified atom stereocenters. The van der Waals surface area contributed by atoms with Crippen molar-refractivity contribution in [2.75, 3.05) is 19.0 Å². The van der Waals surface area contributed by atoms with Crippen LogP contribution in [0.15, 0.2) is 54.7 Å². The molecule has 3 aromatic rings. The number of carbonyl (C=O) groups is 3. The van der Waals surface area contributed by atoms with Crippen molar-refractivity contribution in [2.24, 2.45) is 11.5 Å². The largest absolute Gasteiger partial charge is 0.497 e. The minimum absolute atomic E-state index is 0.0412. The highest BCUT2D eigenvalue weighted by Gasteiger charge is 2.38. The topological polar surface area (TPSA) is 133 Å². The van der Waals surface area contributed by atoms with Crippen molar-refractivity contribution in [1.29, 1.82) is 0 Å². The normalized spacial score (nSPS) is 17.8. The number of nitrogens with two attached hydrogens (primary N) is 2. The van der Waals surface area contributed by atoms with Gasteiger partial charge in [-0.25, -0.2) is 9.59 Å². The van der Waals surface area contributed by atoms with Gasteiger partial charge in [0.2, 0.25) is 0 Å². The number of aromatic nitrogens is 1. The molecule has 1 saturated heterocycles. The van der Waals surface area contributed by atoms with Crippen LogP contribution in [-0.4, -0.2) is 53.1 Å². The molecule has 0 saturated carbocycles. The monoisotopic (exact) mass is 449 g/mol. The summed E-state index contributed by atoms with van der Waals surface area (Å²) in [6.45, 7) is 0.274. The number of carbonyl (C=O) groups excluding carboxylic acids is 3. The molecule has 4 rings (SSSR count). The van der Waals surface area contributed by atoms with E-state index in [1.165, 1.54) is 15.7 Å². The Balaban J connectivity index is 1.48. The van der Waals surface area contributed by atoms with E-state index in [9.17, 15) is 14.4 Å². The number of fused-ring (bicyclic) bond motifs is 1. The van der Waals surface area contributed by atoms with E-state index in [4.69, 9.17) is 16.2 Å². The minimum atomic E-state index is -0.652. The molecule has 3 amide bonds. The molecule has 2 aromatic carbocycles. The average molecular weight is 450 g/mol. The number of nitrogens with zero attached hydrogens (tertiary/aromatic N) is 2. The van der Waals surface area contributed by atoms with Crippen molar-refractivity contribution in [1.82, 2.24) is 9.47 Å². The Hall–Kier alpha value is -3.85. The summed E-state index contributed by atoms with van der Waals surface area (Å²) < 4.78 is 6.51. The van der Waals surface area contributed by atoms with E-state index in [1.54, 1.807) is 31.4 Å². The van der Waals surface area contributed by atoms with Crippen molar-refractivity contribution in [3.63, 3.8) is 0 Å². The third-order valence-electron chi connectivity index (χ3n) is 5.95. The first-order chi connectivity index (χ1) is 15.9. The Kier molecular flexibility index (Phi) is 6.32. The summed E-state index contributed by atoms with van der Waals surface area (Å²) in [6.07, 6.45) is 2.73. The van der Waals surface area contributed by atoms with E-state index in [0.29, 0.717) is 29.4 Å². The molecule has 0 aliphatic carbocycles. The summed E-state index contributed by atoms with van der Waals surface area (Å²) in [5.41, 5.74) is 13.6. The number of para-hydroxylation sites is 1. The maximum atomic E-state index is 13.1. The zero-order chi connectivity index (χ0) is 23.5. The highest BCUT2D eigenvalue weighted by Crippen LogP contribution is 2.27. The van der Waals surface area contributed by atoms with Crippen molar-refractivity contribution >= 4 is 34.4 Å². The van der Waals surface area contributed by atoms with Crippen LogP contribution in [0.1, 0.15) is 18.4 Å². The predicted molar refractivity (Wildman–Crippen MR) is 125 cm³/mol. The molecule has 1 aliphatic heterocycles. The fourth-order valence-corrected chi connectivity index (χ4v) is 4.31. The van der Waals surface area contributed by atoms with Crippen LogP contribution in [0.3, 0.4) is 0 Å². The zero-order valence-corrected chi connectivity index (χ0v) is 18.4. The summed E-state index contributed by atoms with van der Waals surface area (Å²) in [4.78, 5) is 39.4. The Morgan fingerprint density at radius 2 is 1.94 bits per heavy atom. The van der Waals surface area contributed by atoms with E-state index in [2.05, 4.69) is 5.32 Å². The van der Waals surface area contributed by atoms with Gasteiger partial charge in [0, 0.05) is 30.6 Å². The first-order valence-electron chi connectivity index (χ1n) is 10.8. The molecule has 0 spiro atoms. The number of aryl methyl sites for hydroxylation is 1. The minimum Gasteiger partial charge on any atom is -0.497 e. The van der Waals surface area contributed by atoms with E-state index in [-0.39, 0.29) is 24.8 Å². The first-order valence-corrected chi connectivity index (χ1v) is 10.8. The molecule has 33 heavy (non-hydrogen) atoms. The van der Waals surface area contributed by atoms with Gasteiger partial charge in [0.15, 0.2) is 5.78 Å². The molecule has 0 radical (unpaired) electrons. The Morgan fingerprint density at radius 1 is 1.15 bits per heavy atom. The van der Waals surface area contributed by atoms with E-state index in [1.807, 2.05) is 24.3 Å². The van der Waals surface area contributed by atoms with Crippen molar-refractivity contribution < 1.29 is 19.1 Å². The molecule has 9 heteroatoms. The lowest BCUT2D eigenvalue weighted by atomic mass is 10.0. The van der Waals surface area contributed by atoms with Gasteiger partial charge in [0.1, 0.15) is 5.75 Å². The van der Waals surface area contributed by atoms with Gasteiger partial charge >= 0.3 is 12.1 Å². The smallest absolute Gasteiger partial charge is 0.323 e. The van der Waals surface area contributed by atoms with E-state index < -0.39 is 18.1 Å². The highest BCUT2D eigenvalue weighted by molar-refractivity contribution is 6.05. The lowest BCUT2D eigenvalue weighted by Crippen LogP contribution is -2.43. The number of primary amides is 1.